The van der Waals surface area contributed by atoms with Gasteiger partial charge in [0.15, 0.2) is 0 Å². The van der Waals surface area contributed by atoms with Crippen molar-refractivity contribution in [3.05, 3.63) is 29.3 Å². The maximum absolute atomic E-state index is 12.5. The van der Waals surface area contributed by atoms with Gasteiger partial charge in [0.2, 0.25) is 10.0 Å². The number of rotatable bonds is 2. The van der Waals surface area contributed by atoms with E-state index in [1.165, 1.54) is 0 Å². The van der Waals surface area contributed by atoms with Crippen molar-refractivity contribution in [3.8, 4) is 0 Å². The van der Waals surface area contributed by atoms with Gasteiger partial charge in [-0.05, 0) is 44.7 Å². The molecule has 0 aliphatic heterocycles. The molecule has 108 valence electrons. The Morgan fingerprint density at radius 3 is 1.95 bits per heavy atom. The summed E-state index contributed by atoms with van der Waals surface area (Å²) in [6.07, 6.45) is 0. The summed E-state index contributed by atoms with van der Waals surface area (Å²) in [7, 11) is -3.50. The number of aryl methyl sites for hydroxylation is 1. The van der Waals surface area contributed by atoms with Crippen molar-refractivity contribution in [1.29, 1.82) is 0 Å². The van der Waals surface area contributed by atoms with E-state index in [-0.39, 0.29) is 5.41 Å². The zero-order valence-corrected chi connectivity index (χ0v) is 13.8. The second kappa shape index (κ2) is 4.91. The Morgan fingerprint density at radius 2 is 1.53 bits per heavy atom. The first kappa shape index (κ1) is 16.2. The molecule has 4 heteroatoms. The topological polar surface area (TPSA) is 46.2 Å². The minimum Gasteiger partial charge on any atom is -0.207 e. The molecule has 0 saturated heterocycles. The number of nitrogens with one attached hydrogen (secondary N) is 1. The maximum atomic E-state index is 12.5. The lowest BCUT2D eigenvalue weighted by molar-refractivity contribution is 0.487. The predicted octanol–water partition coefficient (Wildman–Crippen LogP) is 3.37. The van der Waals surface area contributed by atoms with E-state index in [4.69, 9.17) is 0 Å². The molecular weight excluding hydrogens is 258 g/mol. The second-order valence-corrected chi connectivity index (χ2v) is 8.76. The smallest absolute Gasteiger partial charge is 0.207 e. The van der Waals surface area contributed by atoms with Crippen LogP contribution < -0.4 is 4.72 Å². The van der Waals surface area contributed by atoms with E-state index in [1.807, 2.05) is 60.6 Å². The first-order valence-corrected chi connectivity index (χ1v) is 7.96. The van der Waals surface area contributed by atoms with E-state index >= 15 is 0 Å². The number of sulfonamides is 1. The third-order valence-corrected chi connectivity index (χ3v) is 4.49. The molecule has 0 aliphatic rings. The minimum absolute atomic E-state index is 0.214. The van der Waals surface area contributed by atoms with Gasteiger partial charge in [0.05, 0.1) is 4.90 Å². The molecular formula is C15H25NO2S. The number of hydrogen-bond donors (Lipinski definition) is 1. The van der Waals surface area contributed by atoms with Gasteiger partial charge in [-0.25, -0.2) is 13.1 Å². The van der Waals surface area contributed by atoms with Gasteiger partial charge >= 0.3 is 0 Å². The molecule has 0 spiro atoms. The monoisotopic (exact) mass is 283 g/mol. The van der Waals surface area contributed by atoms with Crippen LogP contribution in [0.25, 0.3) is 0 Å². The molecule has 0 saturated carbocycles. The largest absolute Gasteiger partial charge is 0.241 e. The fraction of sp³-hybridized carbons (Fsp3) is 0.600. The fourth-order valence-corrected chi connectivity index (χ4v) is 3.74. The third kappa shape index (κ3) is 4.32. The van der Waals surface area contributed by atoms with Crippen LogP contribution in [0.4, 0.5) is 0 Å². The Kier molecular flexibility index (Phi) is 4.18. The molecule has 1 N–H and O–H groups in total. The highest BCUT2D eigenvalue weighted by Crippen LogP contribution is 2.30. The molecule has 0 aromatic heterocycles. The minimum atomic E-state index is -3.50. The van der Waals surface area contributed by atoms with E-state index < -0.39 is 15.6 Å². The van der Waals surface area contributed by atoms with Crippen molar-refractivity contribution < 1.29 is 8.42 Å². The fourth-order valence-electron chi connectivity index (χ4n) is 1.92. The SMILES string of the molecule is Cc1ccc(S(=O)(=O)NC(C)(C)C)c(C(C)(C)C)c1. The van der Waals surface area contributed by atoms with Gasteiger partial charge in [0.25, 0.3) is 0 Å². The van der Waals surface area contributed by atoms with Gasteiger partial charge in [0.1, 0.15) is 0 Å². The van der Waals surface area contributed by atoms with Crippen LogP contribution in [0.5, 0.6) is 0 Å². The Bertz CT molecular complexity index is 561. The highest BCUT2D eigenvalue weighted by atomic mass is 32.2. The number of benzene rings is 1. The Balaban J connectivity index is 3.44. The molecule has 1 aromatic rings. The van der Waals surface area contributed by atoms with Crippen LogP contribution in [-0.4, -0.2) is 14.0 Å². The molecule has 0 fully saturated rings. The first-order chi connectivity index (χ1) is 8.33. The van der Waals surface area contributed by atoms with E-state index in [0.29, 0.717) is 4.90 Å². The van der Waals surface area contributed by atoms with Gasteiger partial charge < -0.3 is 0 Å². The van der Waals surface area contributed by atoms with Gasteiger partial charge in [-0.1, -0.05) is 38.5 Å². The molecule has 0 atom stereocenters. The molecule has 1 rings (SSSR count). The predicted molar refractivity (Wildman–Crippen MR) is 80.0 cm³/mol. The van der Waals surface area contributed by atoms with Gasteiger partial charge in [0, 0.05) is 5.54 Å². The summed E-state index contributed by atoms with van der Waals surface area (Å²) in [4.78, 5) is 0.375. The lowest BCUT2D eigenvalue weighted by atomic mass is 9.86. The van der Waals surface area contributed by atoms with Crippen LogP contribution in [0.2, 0.25) is 0 Å². The van der Waals surface area contributed by atoms with E-state index in [9.17, 15) is 8.42 Å². The molecule has 0 radical (unpaired) electrons. The van der Waals surface area contributed by atoms with Crippen molar-refractivity contribution in [3.63, 3.8) is 0 Å². The molecule has 0 bridgehead atoms. The Hall–Kier alpha value is -0.870. The molecule has 0 heterocycles. The van der Waals surface area contributed by atoms with Crippen LogP contribution >= 0.6 is 0 Å². The lowest BCUT2D eigenvalue weighted by Gasteiger charge is -2.26. The highest BCUT2D eigenvalue weighted by Gasteiger charge is 2.28. The second-order valence-electron chi connectivity index (χ2n) is 7.11. The van der Waals surface area contributed by atoms with Gasteiger partial charge in [-0.15, -0.1) is 0 Å². The van der Waals surface area contributed by atoms with Crippen LogP contribution in [0.1, 0.15) is 52.7 Å². The van der Waals surface area contributed by atoms with E-state index in [2.05, 4.69) is 4.72 Å². The Labute approximate surface area is 117 Å². The van der Waals surface area contributed by atoms with Crippen LogP contribution in [0.15, 0.2) is 23.1 Å². The quantitative estimate of drug-likeness (QED) is 0.904. The molecule has 0 aliphatic carbocycles. The van der Waals surface area contributed by atoms with E-state index in [1.54, 1.807) is 6.07 Å². The molecule has 19 heavy (non-hydrogen) atoms. The van der Waals surface area contributed by atoms with Crippen molar-refractivity contribution in [2.24, 2.45) is 0 Å². The maximum Gasteiger partial charge on any atom is 0.241 e. The van der Waals surface area contributed by atoms with Crippen molar-refractivity contribution in [2.75, 3.05) is 0 Å². The third-order valence-electron chi connectivity index (χ3n) is 2.67. The van der Waals surface area contributed by atoms with Crippen LogP contribution in [0.3, 0.4) is 0 Å². The molecule has 1 aromatic carbocycles. The summed E-state index contributed by atoms with van der Waals surface area (Å²) in [5.74, 6) is 0. The van der Waals surface area contributed by atoms with Gasteiger partial charge in [-0.2, -0.15) is 0 Å². The van der Waals surface area contributed by atoms with E-state index in [0.717, 1.165) is 11.1 Å². The number of hydrogen-bond acceptors (Lipinski definition) is 2. The summed E-state index contributed by atoms with van der Waals surface area (Å²) in [6, 6.07) is 5.49. The summed E-state index contributed by atoms with van der Waals surface area (Å²) >= 11 is 0. The van der Waals surface area contributed by atoms with Crippen molar-refractivity contribution in [2.45, 2.75) is 64.3 Å². The van der Waals surface area contributed by atoms with Crippen LogP contribution in [0, 0.1) is 6.92 Å². The molecule has 0 unspecified atom stereocenters. The average molecular weight is 283 g/mol. The zero-order valence-electron chi connectivity index (χ0n) is 13.0. The normalized spacial score (nSPS) is 13.6. The first-order valence-electron chi connectivity index (χ1n) is 6.48. The van der Waals surface area contributed by atoms with Crippen molar-refractivity contribution in [1.82, 2.24) is 4.72 Å². The van der Waals surface area contributed by atoms with Gasteiger partial charge in [-0.3, -0.25) is 0 Å². The summed E-state index contributed by atoms with van der Waals surface area (Å²) in [5.41, 5.74) is 1.22. The lowest BCUT2D eigenvalue weighted by Crippen LogP contribution is -2.41. The Morgan fingerprint density at radius 1 is 1.00 bits per heavy atom. The average Bonchev–Trinajstić information content (AvgIpc) is 2.11. The van der Waals surface area contributed by atoms with Crippen LogP contribution in [-0.2, 0) is 15.4 Å². The zero-order chi connectivity index (χ0) is 15.1. The highest BCUT2D eigenvalue weighted by molar-refractivity contribution is 7.89. The molecule has 3 nitrogen and oxygen atoms in total. The summed E-state index contributed by atoms with van der Waals surface area (Å²) in [5, 5.41) is 0. The molecule has 0 amide bonds. The van der Waals surface area contributed by atoms with Crippen molar-refractivity contribution >= 4 is 10.0 Å². The standard InChI is InChI=1S/C15H25NO2S/c1-11-8-9-13(12(10-11)14(2,3)4)19(17,18)16-15(5,6)7/h8-10,16H,1-7H3. The summed E-state index contributed by atoms with van der Waals surface area (Å²) in [6.45, 7) is 13.6. The summed E-state index contributed by atoms with van der Waals surface area (Å²) < 4.78 is 27.7.